The first-order chi connectivity index (χ1) is 12.3. The quantitative estimate of drug-likeness (QED) is 0.799. The maximum absolute atomic E-state index is 14.0. The van der Waals surface area contributed by atoms with E-state index in [0.29, 0.717) is 24.1 Å². The minimum atomic E-state index is -1.90. The average molecular weight is 381 g/mol. The standard InChI is InChI=1S/C18H15ClF2N2O3/c1-8-4-13-11(14(24)5-8)6-9(7-22-13)23-18(26)17(25)10-2-3-12(20)15(19)16(10)21/h2-3,6-8,17,25H,4-5H2,1H3,(H,23,26). The molecule has 1 aliphatic carbocycles. The zero-order valence-electron chi connectivity index (χ0n) is 13.7. The third-order valence-corrected chi connectivity index (χ3v) is 4.57. The van der Waals surface area contributed by atoms with E-state index in [1.54, 1.807) is 0 Å². The number of hydrogen-bond donors (Lipinski definition) is 2. The number of rotatable bonds is 3. The fraction of sp³-hybridized carbons (Fsp3) is 0.278. The Morgan fingerprint density at radius 2 is 2.12 bits per heavy atom. The third-order valence-electron chi connectivity index (χ3n) is 4.22. The van der Waals surface area contributed by atoms with Crippen LogP contribution in [0.25, 0.3) is 0 Å². The van der Waals surface area contributed by atoms with Gasteiger partial charge in [-0.2, -0.15) is 0 Å². The molecule has 0 aliphatic heterocycles. The molecule has 2 aromatic rings. The molecule has 0 fully saturated rings. The van der Waals surface area contributed by atoms with E-state index in [1.807, 2.05) is 6.92 Å². The molecular formula is C18H15ClF2N2O3. The Hall–Kier alpha value is -2.38. The number of carbonyl (C=O) groups excluding carboxylic acids is 2. The average Bonchev–Trinajstić information content (AvgIpc) is 2.59. The van der Waals surface area contributed by atoms with Crippen molar-refractivity contribution in [3.05, 3.63) is 57.9 Å². The van der Waals surface area contributed by atoms with Crippen molar-refractivity contribution in [2.24, 2.45) is 5.92 Å². The summed E-state index contributed by atoms with van der Waals surface area (Å²) >= 11 is 5.46. The number of ketones is 1. The van der Waals surface area contributed by atoms with Crippen molar-refractivity contribution in [3.63, 3.8) is 0 Å². The van der Waals surface area contributed by atoms with E-state index in [1.165, 1.54) is 12.3 Å². The molecule has 1 amide bonds. The fourth-order valence-electron chi connectivity index (χ4n) is 2.90. The number of pyridine rings is 1. The number of benzene rings is 1. The first kappa shape index (κ1) is 18.4. The van der Waals surface area contributed by atoms with E-state index >= 15 is 0 Å². The number of nitrogens with one attached hydrogen (secondary N) is 1. The summed E-state index contributed by atoms with van der Waals surface area (Å²) in [5.41, 5.74) is 0.823. The number of aromatic nitrogens is 1. The van der Waals surface area contributed by atoms with Gasteiger partial charge in [0, 0.05) is 17.5 Å². The van der Waals surface area contributed by atoms with Gasteiger partial charge in [-0.15, -0.1) is 0 Å². The highest BCUT2D eigenvalue weighted by molar-refractivity contribution is 6.31. The van der Waals surface area contributed by atoms with Gasteiger partial charge in [0.1, 0.15) is 10.8 Å². The van der Waals surface area contributed by atoms with E-state index in [4.69, 9.17) is 11.6 Å². The van der Waals surface area contributed by atoms with E-state index in [-0.39, 0.29) is 17.4 Å². The molecule has 0 saturated carbocycles. The van der Waals surface area contributed by atoms with Crippen molar-refractivity contribution in [1.29, 1.82) is 0 Å². The minimum Gasteiger partial charge on any atom is -0.378 e. The van der Waals surface area contributed by atoms with Crippen LogP contribution in [0.15, 0.2) is 24.4 Å². The predicted molar refractivity (Wildman–Crippen MR) is 91.0 cm³/mol. The molecule has 2 atom stereocenters. The molecular weight excluding hydrogens is 366 g/mol. The molecule has 136 valence electrons. The maximum atomic E-state index is 14.0. The minimum absolute atomic E-state index is 0.0701. The second-order valence-corrected chi connectivity index (χ2v) is 6.69. The lowest BCUT2D eigenvalue weighted by molar-refractivity contribution is -0.124. The first-order valence-corrected chi connectivity index (χ1v) is 8.30. The maximum Gasteiger partial charge on any atom is 0.258 e. The van der Waals surface area contributed by atoms with Crippen molar-refractivity contribution >= 4 is 29.0 Å². The van der Waals surface area contributed by atoms with Crippen molar-refractivity contribution in [2.45, 2.75) is 25.9 Å². The molecule has 2 N–H and O–H groups in total. The van der Waals surface area contributed by atoms with Crippen LogP contribution in [0.3, 0.4) is 0 Å². The van der Waals surface area contributed by atoms with Gasteiger partial charge >= 0.3 is 0 Å². The molecule has 3 rings (SSSR count). The van der Waals surface area contributed by atoms with Gasteiger partial charge in [-0.05, 0) is 30.5 Å². The molecule has 0 spiro atoms. The number of aliphatic hydroxyl groups excluding tert-OH is 1. The highest BCUT2D eigenvalue weighted by atomic mass is 35.5. The number of hydrogen-bond acceptors (Lipinski definition) is 4. The normalized spacial score (nSPS) is 17.6. The predicted octanol–water partition coefficient (Wildman–Crippen LogP) is 3.45. The largest absolute Gasteiger partial charge is 0.378 e. The number of nitrogens with zero attached hydrogens (tertiary/aromatic N) is 1. The van der Waals surface area contributed by atoms with E-state index in [0.717, 1.165) is 12.1 Å². The van der Waals surface area contributed by atoms with Gasteiger partial charge in [0.25, 0.3) is 5.91 Å². The third kappa shape index (κ3) is 3.45. The second kappa shape index (κ2) is 7.09. The Labute approximate surface area is 153 Å². The van der Waals surface area contributed by atoms with E-state index in [2.05, 4.69) is 10.3 Å². The number of Topliss-reactive ketones (excluding diaryl/α,β-unsaturated/α-hetero) is 1. The van der Waals surface area contributed by atoms with Gasteiger partial charge in [-0.1, -0.05) is 18.5 Å². The second-order valence-electron chi connectivity index (χ2n) is 6.31. The first-order valence-electron chi connectivity index (χ1n) is 7.92. The number of amides is 1. The van der Waals surface area contributed by atoms with Crippen LogP contribution in [0.2, 0.25) is 5.02 Å². The van der Waals surface area contributed by atoms with Gasteiger partial charge in [-0.25, -0.2) is 8.78 Å². The summed E-state index contributed by atoms with van der Waals surface area (Å²) < 4.78 is 27.2. The van der Waals surface area contributed by atoms with E-state index < -0.39 is 34.2 Å². The Balaban J connectivity index is 1.81. The summed E-state index contributed by atoms with van der Waals surface area (Å²) in [7, 11) is 0. The Morgan fingerprint density at radius 3 is 2.85 bits per heavy atom. The van der Waals surface area contributed by atoms with Crippen LogP contribution in [0, 0.1) is 17.6 Å². The molecule has 2 unspecified atom stereocenters. The summed E-state index contributed by atoms with van der Waals surface area (Å²) in [6, 6.07) is 3.28. The Morgan fingerprint density at radius 1 is 1.38 bits per heavy atom. The Bertz CT molecular complexity index is 904. The lowest BCUT2D eigenvalue weighted by Gasteiger charge is -2.20. The highest BCUT2D eigenvalue weighted by Gasteiger charge is 2.26. The van der Waals surface area contributed by atoms with Crippen molar-refractivity contribution in [3.8, 4) is 0 Å². The van der Waals surface area contributed by atoms with Gasteiger partial charge in [0.15, 0.2) is 17.7 Å². The molecule has 0 saturated heterocycles. The van der Waals surface area contributed by atoms with Gasteiger partial charge in [0.05, 0.1) is 17.6 Å². The van der Waals surface area contributed by atoms with Crippen LogP contribution in [0.5, 0.6) is 0 Å². The molecule has 0 radical (unpaired) electrons. The lowest BCUT2D eigenvalue weighted by atomic mass is 9.87. The topological polar surface area (TPSA) is 79.3 Å². The summed E-state index contributed by atoms with van der Waals surface area (Å²) in [6.45, 7) is 1.96. The monoisotopic (exact) mass is 380 g/mol. The zero-order valence-corrected chi connectivity index (χ0v) is 14.5. The smallest absolute Gasteiger partial charge is 0.258 e. The summed E-state index contributed by atoms with van der Waals surface area (Å²) in [5.74, 6) is -3.02. The van der Waals surface area contributed by atoms with Gasteiger partial charge in [0.2, 0.25) is 0 Å². The zero-order chi connectivity index (χ0) is 19.0. The Kier molecular flexibility index (Phi) is 5.02. The summed E-state index contributed by atoms with van der Waals surface area (Å²) in [5, 5.41) is 11.6. The molecule has 1 aliphatic rings. The summed E-state index contributed by atoms with van der Waals surface area (Å²) in [6.07, 6.45) is 0.522. The molecule has 5 nitrogen and oxygen atoms in total. The fourth-order valence-corrected chi connectivity index (χ4v) is 3.07. The number of carbonyl (C=O) groups is 2. The molecule has 0 bridgehead atoms. The number of anilines is 1. The van der Waals surface area contributed by atoms with Crippen molar-refractivity contribution in [1.82, 2.24) is 4.98 Å². The number of halogens is 3. The highest BCUT2D eigenvalue weighted by Crippen LogP contribution is 2.28. The van der Waals surface area contributed by atoms with Crippen molar-refractivity contribution in [2.75, 3.05) is 5.32 Å². The van der Waals surface area contributed by atoms with Crippen LogP contribution < -0.4 is 5.32 Å². The molecule has 1 aromatic carbocycles. The van der Waals surface area contributed by atoms with Gasteiger partial charge < -0.3 is 10.4 Å². The van der Waals surface area contributed by atoms with Gasteiger partial charge in [-0.3, -0.25) is 14.6 Å². The molecule has 8 heteroatoms. The molecule has 26 heavy (non-hydrogen) atoms. The number of aliphatic hydroxyl groups is 1. The number of fused-ring (bicyclic) bond motifs is 1. The van der Waals surface area contributed by atoms with Crippen LogP contribution in [0.1, 0.15) is 41.1 Å². The molecule has 1 heterocycles. The molecule has 1 aromatic heterocycles. The lowest BCUT2D eigenvalue weighted by Crippen LogP contribution is -2.23. The van der Waals surface area contributed by atoms with Crippen LogP contribution >= 0.6 is 11.6 Å². The van der Waals surface area contributed by atoms with E-state index in [9.17, 15) is 23.5 Å². The van der Waals surface area contributed by atoms with Crippen molar-refractivity contribution < 1.29 is 23.5 Å². The van der Waals surface area contributed by atoms with Crippen LogP contribution in [0.4, 0.5) is 14.5 Å². The SMILES string of the molecule is CC1CC(=O)c2cc(NC(=O)C(O)c3ccc(F)c(Cl)c3F)cnc2C1. The summed E-state index contributed by atoms with van der Waals surface area (Å²) in [4.78, 5) is 28.5. The van der Waals surface area contributed by atoms with Crippen LogP contribution in [-0.4, -0.2) is 21.8 Å². The van der Waals surface area contributed by atoms with Crippen LogP contribution in [-0.2, 0) is 11.2 Å².